The second-order valence-electron chi connectivity index (χ2n) is 9.30. The highest BCUT2D eigenvalue weighted by Gasteiger charge is 2.32. The molecular weight excluding hydrogens is 590 g/mol. The van der Waals surface area contributed by atoms with Crippen molar-refractivity contribution in [2.45, 2.75) is 51.2 Å². The maximum atomic E-state index is 13.9. The molecule has 0 heterocycles. The molecule has 3 rings (SSSR count). The van der Waals surface area contributed by atoms with Crippen LogP contribution in [0.4, 0.5) is 5.69 Å². The number of hydrogen-bond acceptors (Lipinski definition) is 4. The first-order valence-electron chi connectivity index (χ1n) is 12.1. The second-order valence-corrected chi connectivity index (χ2v) is 12.5. The lowest BCUT2D eigenvalue weighted by Crippen LogP contribution is -2.52. The summed E-state index contributed by atoms with van der Waals surface area (Å²) in [5, 5.41) is 3.17. The van der Waals surface area contributed by atoms with Crippen LogP contribution in [0.25, 0.3) is 0 Å². The van der Waals surface area contributed by atoms with Crippen molar-refractivity contribution in [2.75, 3.05) is 10.8 Å². The van der Waals surface area contributed by atoms with E-state index in [2.05, 4.69) is 21.2 Å². The van der Waals surface area contributed by atoms with E-state index in [0.717, 1.165) is 19.9 Å². The number of carbonyl (C=O) groups excluding carboxylic acids is 2. The highest BCUT2D eigenvalue weighted by atomic mass is 79.9. The number of halogens is 2. The van der Waals surface area contributed by atoms with Gasteiger partial charge in [-0.05, 0) is 75.7 Å². The van der Waals surface area contributed by atoms with E-state index in [0.29, 0.717) is 5.02 Å². The predicted molar refractivity (Wildman–Crippen MR) is 155 cm³/mol. The fourth-order valence-corrected chi connectivity index (χ4v) is 5.85. The van der Waals surface area contributed by atoms with E-state index in [9.17, 15) is 18.0 Å². The molecule has 0 fully saturated rings. The summed E-state index contributed by atoms with van der Waals surface area (Å²) >= 11 is 9.63. The van der Waals surface area contributed by atoms with Gasteiger partial charge in [0.05, 0.1) is 10.6 Å². The fourth-order valence-electron chi connectivity index (χ4n) is 3.82. The molecule has 0 aromatic heterocycles. The number of rotatable bonds is 10. The number of amides is 2. The normalized spacial score (nSPS) is 12.2. The fraction of sp³-hybridized carbons (Fsp3) is 0.286. The van der Waals surface area contributed by atoms with Gasteiger partial charge in [0, 0.05) is 22.1 Å². The molecule has 0 saturated heterocycles. The zero-order chi connectivity index (χ0) is 28.0. The molecule has 38 heavy (non-hydrogen) atoms. The SMILES string of the molecule is Cc1ccc(S(=O)(=O)N(CC(=O)N(Cc2cccc(Br)c2)[C@@H](C)C(=O)NC(C)C)c2cccc(Cl)c2)cc1. The average Bonchev–Trinajstić information content (AvgIpc) is 2.85. The average molecular weight is 621 g/mol. The molecule has 0 spiro atoms. The molecule has 0 aliphatic carbocycles. The molecular formula is C28H31BrClN3O4S. The van der Waals surface area contributed by atoms with Gasteiger partial charge >= 0.3 is 0 Å². The molecule has 7 nitrogen and oxygen atoms in total. The lowest BCUT2D eigenvalue weighted by molar-refractivity contribution is -0.139. The molecule has 3 aromatic carbocycles. The third-order valence-corrected chi connectivity index (χ3v) is 8.34. The second kappa shape index (κ2) is 12.8. The number of nitrogens with zero attached hydrogens (tertiary/aromatic N) is 2. The summed E-state index contributed by atoms with van der Waals surface area (Å²) in [6, 6.07) is 19.1. The van der Waals surface area contributed by atoms with Crippen LogP contribution < -0.4 is 9.62 Å². The number of anilines is 1. The number of nitrogens with one attached hydrogen (secondary N) is 1. The molecule has 3 aromatic rings. The Hall–Kier alpha value is -2.88. The Balaban J connectivity index is 2.03. The predicted octanol–water partition coefficient (Wildman–Crippen LogP) is 5.55. The van der Waals surface area contributed by atoms with Crippen molar-refractivity contribution in [3.63, 3.8) is 0 Å². The first kappa shape index (κ1) is 29.7. The van der Waals surface area contributed by atoms with E-state index < -0.39 is 28.5 Å². The van der Waals surface area contributed by atoms with E-state index in [1.165, 1.54) is 23.1 Å². The monoisotopic (exact) mass is 619 g/mol. The summed E-state index contributed by atoms with van der Waals surface area (Å²) in [5.74, 6) is -0.869. The lowest BCUT2D eigenvalue weighted by atomic mass is 10.1. The summed E-state index contributed by atoms with van der Waals surface area (Å²) in [5.41, 5.74) is 1.93. The van der Waals surface area contributed by atoms with E-state index in [1.807, 2.05) is 45.0 Å². The summed E-state index contributed by atoms with van der Waals surface area (Å²) in [4.78, 5) is 28.2. The number of carbonyl (C=O) groups is 2. The van der Waals surface area contributed by atoms with Gasteiger partial charge in [-0.3, -0.25) is 13.9 Å². The van der Waals surface area contributed by atoms with E-state index in [1.54, 1.807) is 37.3 Å². The highest BCUT2D eigenvalue weighted by Crippen LogP contribution is 2.27. The Morgan fingerprint density at radius 2 is 1.63 bits per heavy atom. The quantitative estimate of drug-likeness (QED) is 0.322. The van der Waals surface area contributed by atoms with Gasteiger partial charge in [0.2, 0.25) is 11.8 Å². The third-order valence-electron chi connectivity index (χ3n) is 5.82. The van der Waals surface area contributed by atoms with Gasteiger partial charge in [0.1, 0.15) is 12.6 Å². The Bertz CT molecular complexity index is 1400. The van der Waals surface area contributed by atoms with Crippen molar-refractivity contribution >= 4 is 55.1 Å². The minimum absolute atomic E-state index is 0.0417. The smallest absolute Gasteiger partial charge is 0.264 e. The minimum Gasteiger partial charge on any atom is -0.352 e. The van der Waals surface area contributed by atoms with E-state index in [-0.39, 0.29) is 29.1 Å². The van der Waals surface area contributed by atoms with Gasteiger partial charge in [-0.15, -0.1) is 0 Å². The van der Waals surface area contributed by atoms with Gasteiger partial charge in [0.25, 0.3) is 10.0 Å². The van der Waals surface area contributed by atoms with Gasteiger partial charge in [0.15, 0.2) is 0 Å². The summed E-state index contributed by atoms with van der Waals surface area (Å²) in [7, 11) is -4.14. The summed E-state index contributed by atoms with van der Waals surface area (Å²) < 4.78 is 29.4. The molecule has 0 unspecified atom stereocenters. The standard InChI is InChI=1S/C28H31BrClN3O4S/c1-19(2)31-28(35)21(4)32(17-22-7-5-8-23(29)15-22)27(34)18-33(25-10-6-9-24(30)16-25)38(36,37)26-13-11-20(3)12-14-26/h5-16,19,21H,17-18H2,1-4H3,(H,31,35)/t21-/m0/s1. The van der Waals surface area contributed by atoms with Crippen LogP contribution in [-0.2, 0) is 26.2 Å². The highest BCUT2D eigenvalue weighted by molar-refractivity contribution is 9.10. The first-order valence-corrected chi connectivity index (χ1v) is 14.7. The van der Waals surface area contributed by atoms with Gasteiger partial charge < -0.3 is 10.2 Å². The summed E-state index contributed by atoms with van der Waals surface area (Å²) in [6.07, 6.45) is 0. The molecule has 0 aliphatic rings. The van der Waals surface area contributed by atoms with Crippen LogP contribution in [0.15, 0.2) is 82.2 Å². The first-order chi connectivity index (χ1) is 17.9. The number of benzene rings is 3. The number of aryl methyl sites for hydroxylation is 1. The molecule has 0 aliphatic heterocycles. The molecule has 0 bridgehead atoms. The van der Waals surface area contributed by atoms with Crippen molar-refractivity contribution in [2.24, 2.45) is 0 Å². The zero-order valence-corrected chi connectivity index (χ0v) is 24.8. The van der Waals surface area contributed by atoms with Gasteiger partial charge in [-0.25, -0.2) is 8.42 Å². The number of hydrogen-bond donors (Lipinski definition) is 1. The van der Waals surface area contributed by atoms with Gasteiger partial charge in [-0.2, -0.15) is 0 Å². The number of sulfonamides is 1. The molecule has 2 amide bonds. The molecule has 202 valence electrons. The van der Waals surface area contributed by atoms with Crippen LogP contribution in [0.1, 0.15) is 31.9 Å². The molecule has 1 N–H and O–H groups in total. The summed E-state index contributed by atoms with van der Waals surface area (Å²) in [6.45, 7) is 6.74. The van der Waals surface area contributed by atoms with E-state index >= 15 is 0 Å². The molecule has 1 atom stereocenters. The van der Waals surface area contributed by atoms with Gasteiger partial charge in [-0.1, -0.05) is 63.4 Å². The Morgan fingerprint density at radius 3 is 2.24 bits per heavy atom. The lowest BCUT2D eigenvalue weighted by Gasteiger charge is -2.32. The van der Waals surface area contributed by atoms with Crippen molar-refractivity contribution in [1.29, 1.82) is 0 Å². The zero-order valence-electron chi connectivity index (χ0n) is 21.7. The van der Waals surface area contributed by atoms with Crippen LogP contribution in [0.2, 0.25) is 5.02 Å². The van der Waals surface area contributed by atoms with Crippen LogP contribution in [0.5, 0.6) is 0 Å². The van der Waals surface area contributed by atoms with Crippen molar-refractivity contribution in [1.82, 2.24) is 10.2 Å². The van der Waals surface area contributed by atoms with Crippen LogP contribution in [-0.4, -0.2) is 43.8 Å². The van der Waals surface area contributed by atoms with Crippen molar-refractivity contribution in [3.8, 4) is 0 Å². The maximum Gasteiger partial charge on any atom is 0.264 e. The van der Waals surface area contributed by atoms with Crippen LogP contribution in [0.3, 0.4) is 0 Å². The Labute approximate surface area is 238 Å². The molecule has 10 heteroatoms. The topological polar surface area (TPSA) is 86.8 Å². The minimum atomic E-state index is -4.14. The van der Waals surface area contributed by atoms with Crippen LogP contribution >= 0.6 is 27.5 Å². The van der Waals surface area contributed by atoms with Crippen molar-refractivity contribution < 1.29 is 18.0 Å². The third kappa shape index (κ3) is 7.58. The van der Waals surface area contributed by atoms with E-state index in [4.69, 9.17) is 11.6 Å². The Kier molecular flexibility index (Phi) is 9.98. The maximum absolute atomic E-state index is 13.9. The van der Waals surface area contributed by atoms with Crippen molar-refractivity contribution in [3.05, 3.63) is 93.4 Å². The largest absolute Gasteiger partial charge is 0.352 e. The molecule has 0 radical (unpaired) electrons. The van der Waals surface area contributed by atoms with Crippen LogP contribution in [0, 0.1) is 6.92 Å². The molecule has 0 saturated carbocycles. The Morgan fingerprint density at radius 1 is 0.974 bits per heavy atom.